The third kappa shape index (κ3) is 3.34. The fraction of sp³-hybridized carbons (Fsp3) is 0.400. The highest BCUT2D eigenvalue weighted by molar-refractivity contribution is 5.95. The molecule has 1 aromatic heterocycles. The van der Waals surface area contributed by atoms with Crippen LogP contribution in [-0.2, 0) is 4.74 Å². The molecule has 0 aliphatic rings. The molecule has 0 unspecified atom stereocenters. The first kappa shape index (κ1) is 9.86. The van der Waals surface area contributed by atoms with E-state index in [2.05, 4.69) is 4.98 Å². The van der Waals surface area contributed by atoms with Crippen molar-refractivity contribution in [1.82, 2.24) is 4.98 Å². The van der Waals surface area contributed by atoms with E-state index in [9.17, 15) is 4.79 Å². The molecule has 3 nitrogen and oxygen atoms in total. The molecule has 0 fully saturated rings. The van der Waals surface area contributed by atoms with Gasteiger partial charge < -0.3 is 4.74 Å². The second-order valence-electron chi connectivity index (χ2n) is 2.61. The van der Waals surface area contributed by atoms with Crippen molar-refractivity contribution in [3.8, 4) is 0 Å². The van der Waals surface area contributed by atoms with Crippen LogP contribution < -0.4 is 0 Å². The van der Waals surface area contributed by atoms with E-state index in [1.54, 1.807) is 24.5 Å². The van der Waals surface area contributed by atoms with Crippen LogP contribution in [0.3, 0.4) is 0 Å². The molecular formula is C10H13NO2. The van der Waals surface area contributed by atoms with Crippen LogP contribution in [0.2, 0.25) is 0 Å². The number of ketones is 1. The molecule has 0 spiro atoms. The Morgan fingerprint density at radius 2 is 2.46 bits per heavy atom. The molecule has 0 radical (unpaired) electrons. The molecule has 0 saturated carbocycles. The van der Waals surface area contributed by atoms with Crippen LogP contribution in [0, 0.1) is 0 Å². The van der Waals surface area contributed by atoms with Crippen LogP contribution >= 0.6 is 0 Å². The predicted molar refractivity (Wildman–Crippen MR) is 49.7 cm³/mol. The first-order valence-corrected chi connectivity index (χ1v) is 4.35. The van der Waals surface area contributed by atoms with Crippen LogP contribution in [0.25, 0.3) is 0 Å². The van der Waals surface area contributed by atoms with Crippen molar-refractivity contribution < 1.29 is 9.53 Å². The summed E-state index contributed by atoms with van der Waals surface area (Å²) >= 11 is 0. The molecule has 0 amide bonds. The third-order valence-corrected chi connectivity index (χ3v) is 1.66. The van der Waals surface area contributed by atoms with Gasteiger partial charge in [0.2, 0.25) is 0 Å². The van der Waals surface area contributed by atoms with Gasteiger partial charge in [0.15, 0.2) is 5.78 Å². The molecule has 70 valence electrons. The van der Waals surface area contributed by atoms with E-state index in [1.807, 2.05) is 6.92 Å². The van der Waals surface area contributed by atoms with Gasteiger partial charge in [0.05, 0.1) is 6.61 Å². The van der Waals surface area contributed by atoms with Crippen LogP contribution in [-0.4, -0.2) is 24.0 Å². The molecule has 1 heterocycles. The van der Waals surface area contributed by atoms with Crippen molar-refractivity contribution in [1.29, 1.82) is 0 Å². The second kappa shape index (κ2) is 5.43. The summed E-state index contributed by atoms with van der Waals surface area (Å²) < 4.78 is 5.08. The van der Waals surface area contributed by atoms with E-state index < -0.39 is 0 Å². The maximum Gasteiger partial charge on any atom is 0.166 e. The smallest absolute Gasteiger partial charge is 0.166 e. The number of nitrogens with zero attached hydrogens (tertiary/aromatic N) is 1. The topological polar surface area (TPSA) is 39.2 Å². The van der Waals surface area contributed by atoms with Gasteiger partial charge in [0, 0.05) is 31.0 Å². The minimum Gasteiger partial charge on any atom is -0.381 e. The zero-order chi connectivity index (χ0) is 9.52. The fourth-order valence-corrected chi connectivity index (χ4v) is 0.981. The van der Waals surface area contributed by atoms with E-state index >= 15 is 0 Å². The summed E-state index contributed by atoms with van der Waals surface area (Å²) in [5.41, 5.74) is 0.655. The Kier molecular flexibility index (Phi) is 4.12. The Balaban J connectivity index is 2.40. The van der Waals surface area contributed by atoms with Crippen molar-refractivity contribution in [3.63, 3.8) is 0 Å². The van der Waals surface area contributed by atoms with Crippen LogP contribution in [0.15, 0.2) is 24.5 Å². The summed E-state index contributed by atoms with van der Waals surface area (Å²) in [5, 5.41) is 0. The summed E-state index contributed by atoms with van der Waals surface area (Å²) in [6.45, 7) is 3.05. The van der Waals surface area contributed by atoms with Crippen LogP contribution in [0.1, 0.15) is 23.7 Å². The molecule has 0 aromatic carbocycles. The monoisotopic (exact) mass is 179 g/mol. The van der Waals surface area contributed by atoms with E-state index in [0.717, 1.165) is 0 Å². The van der Waals surface area contributed by atoms with Crippen molar-refractivity contribution >= 4 is 5.78 Å². The lowest BCUT2D eigenvalue weighted by molar-refractivity contribution is 0.0895. The average Bonchev–Trinajstić information content (AvgIpc) is 2.19. The fourth-order valence-electron chi connectivity index (χ4n) is 0.981. The highest BCUT2D eigenvalue weighted by Crippen LogP contribution is 2.00. The van der Waals surface area contributed by atoms with Crippen molar-refractivity contribution in [2.24, 2.45) is 0 Å². The van der Waals surface area contributed by atoms with Gasteiger partial charge in [-0.1, -0.05) is 0 Å². The van der Waals surface area contributed by atoms with Crippen LogP contribution in [0.4, 0.5) is 0 Å². The molecule has 0 aliphatic carbocycles. The molecule has 0 aliphatic heterocycles. The standard InChI is InChI=1S/C10H13NO2/c1-2-13-7-5-10(12)9-4-3-6-11-8-9/h3-4,6,8H,2,5,7H2,1H3. The quantitative estimate of drug-likeness (QED) is 0.510. The Morgan fingerprint density at radius 3 is 3.08 bits per heavy atom. The van der Waals surface area contributed by atoms with Crippen molar-refractivity contribution in [3.05, 3.63) is 30.1 Å². The summed E-state index contributed by atoms with van der Waals surface area (Å²) in [6.07, 6.45) is 3.66. The van der Waals surface area contributed by atoms with Gasteiger partial charge >= 0.3 is 0 Å². The van der Waals surface area contributed by atoms with Gasteiger partial charge in [-0.25, -0.2) is 0 Å². The average molecular weight is 179 g/mol. The van der Waals surface area contributed by atoms with E-state index in [-0.39, 0.29) is 5.78 Å². The van der Waals surface area contributed by atoms with Gasteiger partial charge in [-0.3, -0.25) is 9.78 Å². The Bertz CT molecular complexity index is 259. The molecule has 13 heavy (non-hydrogen) atoms. The SMILES string of the molecule is CCOCCC(=O)c1cccnc1. The maximum atomic E-state index is 11.4. The lowest BCUT2D eigenvalue weighted by Crippen LogP contribution is -2.04. The lowest BCUT2D eigenvalue weighted by atomic mass is 10.1. The van der Waals surface area contributed by atoms with Crippen molar-refractivity contribution in [2.45, 2.75) is 13.3 Å². The second-order valence-corrected chi connectivity index (χ2v) is 2.61. The molecule has 3 heteroatoms. The Morgan fingerprint density at radius 1 is 1.62 bits per heavy atom. The van der Waals surface area contributed by atoms with Gasteiger partial charge in [0.1, 0.15) is 0 Å². The molecule has 0 saturated heterocycles. The number of pyridine rings is 1. The molecule has 1 aromatic rings. The van der Waals surface area contributed by atoms with Crippen LogP contribution in [0.5, 0.6) is 0 Å². The van der Waals surface area contributed by atoms with E-state index in [1.165, 1.54) is 0 Å². The van der Waals surface area contributed by atoms with Gasteiger partial charge in [-0.2, -0.15) is 0 Å². The minimum atomic E-state index is 0.0848. The Labute approximate surface area is 77.8 Å². The molecule has 0 N–H and O–H groups in total. The van der Waals surface area contributed by atoms with Gasteiger partial charge in [-0.15, -0.1) is 0 Å². The van der Waals surface area contributed by atoms with Gasteiger partial charge in [-0.05, 0) is 19.1 Å². The largest absolute Gasteiger partial charge is 0.381 e. The van der Waals surface area contributed by atoms with Gasteiger partial charge in [0.25, 0.3) is 0 Å². The number of hydrogen-bond donors (Lipinski definition) is 0. The zero-order valence-electron chi connectivity index (χ0n) is 7.69. The summed E-state index contributed by atoms with van der Waals surface area (Å²) in [5.74, 6) is 0.0848. The first-order valence-electron chi connectivity index (χ1n) is 4.35. The third-order valence-electron chi connectivity index (χ3n) is 1.66. The summed E-state index contributed by atoms with van der Waals surface area (Å²) in [7, 11) is 0. The highest BCUT2D eigenvalue weighted by Gasteiger charge is 2.03. The molecular weight excluding hydrogens is 166 g/mol. The van der Waals surface area contributed by atoms with E-state index in [4.69, 9.17) is 4.74 Å². The number of ether oxygens (including phenoxy) is 1. The molecule has 0 bridgehead atoms. The number of carbonyl (C=O) groups is 1. The zero-order valence-corrected chi connectivity index (χ0v) is 7.69. The lowest BCUT2D eigenvalue weighted by Gasteiger charge is -2.00. The number of hydrogen-bond acceptors (Lipinski definition) is 3. The minimum absolute atomic E-state index is 0.0848. The number of aromatic nitrogens is 1. The number of carbonyl (C=O) groups excluding carboxylic acids is 1. The van der Waals surface area contributed by atoms with E-state index in [0.29, 0.717) is 25.2 Å². The molecule has 1 rings (SSSR count). The predicted octanol–water partition coefficient (Wildman–Crippen LogP) is 1.69. The Hall–Kier alpha value is -1.22. The normalized spacial score (nSPS) is 9.92. The summed E-state index contributed by atoms with van der Waals surface area (Å²) in [6, 6.07) is 3.52. The maximum absolute atomic E-state index is 11.4. The first-order chi connectivity index (χ1) is 6.34. The summed E-state index contributed by atoms with van der Waals surface area (Å²) in [4.78, 5) is 15.3. The molecule has 0 atom stereocenters. The number of Topliss-reactive ketones (excluding diaryl/α,β-unsaturated/α-hetero) is 1. The van der Waals surface area contributed by atoms with Crippen molar-refractivity contribution in [2.75, 3.05) is 13.2 Å². The number of rotatable bonds is 5. The highest BCUT2D eigenvalue weighted by atomic mass is 16.5.